The van der Waals surface area contributed by atoms with Crippen molar-refractivity contribution in [2.75, 3.05) is 0 Å². The standard InChI is InChI=1S/C26H27NO9.C6H14N4O2/c1-10-21(29)15(27)7-17(35-10)36-16-9-26(34,11(2)28)8-14-18(16)25(33)20-19(24(14)32)22(30)12-5-3-4-6-13(12)23(20)31;7-9-5(11)3-1-2-4-6(12)10-8/h3-6,10,15-17,21,29,32-34H,7-9,27H2,1-2H3;1-4,7-8H2,(H,9,11)(H,10,12)/t10-,15-,16-,17-,21+,26-;/m0./s1. The Morgan fingerprint density at radius 2 is 1.50 bits per heavy atom. The number of amides is 2. The van der Waals surface area contributed by atoms with Crippen LogP contribution in [-0.4, -0.2) is 79.7 Å². The number of rotatable bonds is 8. The first-order valence-electron chi connectivity index (χ1n) is 15.4. The Labute approximate surface area is 275 Å². The van der Waals surface area contributed by atoms with Gasteiger partial charge in [-0.15, -0.1) is 0 Å². The molecule has 2 aromatic rings. The van der Waals surface area contributed by atoms with Gasteiger partial charge in [0.2, 0.25) is 11.8 Å². The maximum atomic E-state index is 13.3. The molecule has 5 rings (SSSR count). The van der Waals surface area contributed by atoms with Crippen molar-refractivity contribution in [1.82, 2.24) is 10.9 Å². The van der Waals surface area contributed by atoms with E-state index in [1.165, 1.54) is 19.1 Å². The number of carbonyl (C=O) groups is 5. The van der Waals surface area contributed by atoms with Gasteiger partial charge in [0.25, 0.3) is 0 Å². The Morgan fingerprint density at radius 1 is 0.979 bits per heavy atom. The van der Waals surface area contributed by atoms with Crippen LogP contribution in [0, 0.1) is 0 Å². The average Bonchev–Trinajstić information content (AvgIpc) is 3.05. The lowest BCUT2D eigenvalue weighted by Crippen LogP contribution is -2.52. The van der Waals surface area contributed by atoms with E-state index < -0.39 is 71.5 Å². The number of aromatic hydroxyl groups is 2. The summed E-state index contributed by atoms with van der Waals surface area (Å²) < 4.78 is 11.8. The number of nitrogens with one attached hydrogen (secondary N) is 2. The summed E-state index contributed by atoms with van der Waals surface area (Å²) in [5, 5.41) is 43.8. The number of ketones is 3. The van der Waals surface area contributed by atoms with Crippen molar-refractivity contribution in [3.05, 3.63) is 57.6 Å². The van der Waals surface area contributed by atoms with E-state index >= 15 is 0 Å². The van der Waals surface area contributed by atoms with Crippen molar-refractivity contribution in [1.29, 1.82) is 0 Å². The maximum Gasteiger partial charge on any atom is 0.233 e. The van der Waals surface area contributed by atoms with Crippen molar-refractivity contribution in [3.8, 4) is 11.5 Å². The van der Waals surface area contributed by atoms with Crippen molar-refractivity contribution in [3.63, 3.8) is 0 Å². The molecular weight excluding hydrogens is 630 g/mol. The summed E-state index contributed by atoms with van der Waals surface area (Å²) >= 11 is 0. The molecule has 3 aliphatic rings. The summed E-state index contributed by atoms with van der Waals surface area (Å²) in [7, 11) is 0. The lowest BCUT2D eigenvalue weighted by molar-refractivity contribution is -0.247. The summed E-state index contributed by atoms with van der Waals surface area (Å²) in [5.41, 5.74) is 7.39. The van der Waals surface area contributed by atoms with E-state index in [-0.39, 0.29) is 58.0 Å². The van der Waals surface area contributed by atoms with Crippen LogP contribution in [0.4, 0.5) is 0 Å². The highest BCUT2D eigenvalue weighted by atomic mass is 16.7. The molecule has 2 aliphatic carbocycles. The largest absolute Gasteiger partial charge is 0.507 e. The molecule has 0 aromatic heterocycles. The Kier molecular flexibility index (Phi) is 11.3. The number of fused-ring (bicyclic) bond motifs is 3. The number of nitrogens with two attached hydrogens (primary N) is 3. The molecule has 16 heteroatoms. The topological polar surface area (TPSA) is 287 Å². The summed E-state index contributed by atoms with van der Waals surface area (Å²) in [4.78, 5) is 60.2. The molecule has 0 unspecified atom stereocenters. The minimum atomic E-state index is -1.97. The molecule has 0 spiro atoms. The molecule has 1 aliphatic heterocycles. The van der Waals surface area contributed by atoms with Crippen LogP contribution in [0.3, 0.4) is 0 Å². The van der Waals surface area contributed by atoms with E-state index in [2.05, 4.69) is 0 Å². The SMILES string of the molecule is CC(=O)[C@]1(O)Cc2c(O)c3c(c(O)c2[C@@H](O[C@H]2C[C@H](N)[C@H](O)[C@H](C)O2)C1)C(=O)c1ccccc1C3=O.NNC(=O)CCCCC(=O)NN. The quantitative estimate of drug-likeness (QED) is 0.0482. The summed E-state index contributed by atoms with van der Waals surface area (Å²) in [6, 6.07) is 5.40. The number of hydrogen-bond acceptors (Lipinski definition) is 14. The monoisotopic (exact) mass is 671 g/mol. The minimum Gasteiger partial charge on any atom is -0.507 e. The van der Waals surface area contributed by atoms with Gasteiger partial charge in [0.05, 0.1) is 29.4 Å². The van der Waals surface area contributed by atoms with Gasteiger partial charge in [-0.2, -0.15) is 0 Å². The van der Waals surface area contributed by atoms with Gasteiger partial charge < -0.3 is 35.6 Å². The van der Waals surface area contributed by atoms with Gasteiger partial charge in [0, 0.05) is 60.4 Å². The second kappa shape index (κ2) is 14.9. The third-order valence-electron chi connectivity index (χ3n) is 8.88. The van der Waals surface area contributed by atoms with E-state index in [4.69, 9.17) is 26.9 Å². The number of Topliss-reactive ketones (excluding diaryl/α,β-unsaturated/α-hetero) is 1. The van der Waals surface area contributed by atoms with Crippen molar-refractivity contribution in [2.24, 2.45) is 17.4 Å². The van der Waals surface area contributed by atoms with Crippen LogP contribution in [0.15, 0.2) is 24.3 Å². The van der Waals surface area contributed by atoms with E-state index in [0.29, 0.717) is 25.7 Å². The number of phenolic OH excluding ortho intramolecular Hbond substituents is 2. The lowest BCUT2D eigenvalue weighted by atomic mass is 9.72. The van der Waals surface area contributed by atoms with E-state index in [0.717, 1.165) is 0 Å². The van der Waals surface area contributed by atoms with Crippen LogP contribution >= 0.6 is 0 Å². The Balaban J connectivity index is 0.000000371. The molecule has 1 heterocycles. The van der Waals surface area contributed by atoms with Gasteiger partial charge in [0.1, 0.15) is 17.1 Å². The number of hydrogen-bond donors (Lipinski definition) is 9. The molecule has 2 aromatic carbocycles. The number of benzene rings is 2. The first-order chi connectivity index (χ1) is 22.6. The van der Waals surface area contributed by atoms with Crippen LogP contribution in [0.25, 0.3) is 0 Å². The fourth-order valence-electron chi connectivity index (χ4n) is 6.14. The smallest absolute Gasteiger partial charge is 0.233 e. The zero-order valence-electron chi connectivity index (χ0n) is 26.5. The van der Waals surface area contributed by atoms with Gasteiger partial charge in [-0.05, 0) is 26.7 Å². The van der Waals surface area contributed by atoms with Crippen LogP contribution < -0.4 is 28.3 Å². The maximum absolute atomic E-state index is 13.3. The molecule has 0 radical (unpaired) electrons. The normalized spacial score (nSPS) is 25.9. The molecular formula is C32H41N5O11. The predicted octanol–water partition coefficient (Wildman–Crippen LogP) is -0.453. The lowest BCUT2D eigenvalue weighted by Gasteiger charge is -2.42. The molecule has 48 heavy (non-hydrogen) atoms. The second-order valence-electron chi connectivity index (χ2n) is 12.1. The van der Waals surface area contributed by atoms with Gasteiger partial charge in [-0.3, -0.25) is 34.8 Å². The highest BCUT2D eigenvalue weighted by Crippen LogP contribution is 2.52. The Morgan fingerprint density at radius 3 is 1.98 bits per heavy atom. The molecule has 1 fully saturated rings. The fraction of sp³-hybridized carbons (Fsp3) is 0.469. The third kappa shape index (κ3) is 7.24. The number of carbonyl (C=O) groups excluding carboxylic acids is 5. The summed E-state index contributed by atoms with van der Waals surface area (Å²) in [6.07, 6.45) is -2.42. The fourth-order valence-corrected chi connectivity index (χ4v) is 6.14. The first kappa shape index (κ1) is 36.5. The molecule has 0 saturated carbocycles. The van der Waals surface area contributed by atoms with Crippen molar-refractivity contribution in [2.45, 2.75) is 95.0 Å². The van der Waals surface area contributed by atoms with E-state index in [9.17, 15) is 44.4 Å². The van der Waals surface area contributed by atoms with Crippen LogP contribution in [0.1, 0.15) is 101 Å². The molecule has 12 N–H and O–H groups in total. The summed E-state index contributed by atoms with van der Waals surface area (Å²) in [5.74, 6) is 6.19. The number of unbranched alkanes of at least 4 members (excludes halogenated alkanes) is 1. The van der Waals surface area contributed by atoms with Gasteiger partial charge in [0.15, 0.2) is 23.6 Å². The molecule has 16 nitrogen and oxygen atoms in total. The first-order valence-corrected chi connectivity index (χ1v) is 15.4. The zero-order valence-corrected chi connectivity index (χ0v) is 26.5. The van der Waals surface area contributed by atoms with Crippen molar-refractivity contribution < 1.29 is 53.9 Å². The number of aliphatic hydroxyl groups is 2. The molecule has 260 valence electrons. The van der Waals surface area contributed by atoms with Gasteiger partial charge in [-0.1, -0.05) is 24.3 Å². The highest BCUT2D eigenvalue weighted by molar-refractivity contribution is 6.30. The predicted molar refractivity (Wildman–Crippen MR) is 167 cm³/mol. The Bertz CT molecular complexity index is 1590. The average molecular weight is 672 g/mol. The molecule has 1 saturated heterocycles. The molecule has 2 amide bonds. The minimum absolute atomic E-state index is 0.00588. The number of aliphatic hydroxyl groups excluding tert-OH is 1. The van der Waals surface area contributed by atoms with Crippen LogP contribution in [0.5, 0.6) is 11.5 Å². The molecule has 6 atom stereocenters. The Hall–Kier alpha value is -4.29. The van der Waals surface area contributed by atoms with E-state index in [1.54, 1.807) is 19.1 Å². The highest BCUT2D eigenvalue weighted by Gasteiger charge is 2.49. The zero-order chi connectivity index (χ0) is 35.5. The van der Waals surface area contributed by atoms with Crippen molar-refractivity contribution >= 4 is 29.2 Å². The molecule has 0 bridgehead atoms. The second-order valence-corrected chi connectivity index (χ2v) is 12.1. The third-order valence-corrected chi connectivity index (χ3v) is 8.88. The van der Waals surface area contributed by atoms with E-state index in [1.807, 2.05) is 10.9 Å². The number of ether oxygens (including phenoxy) is 2. The van der Waals surface area contributed by atoms with Gasteiger partial charge in [-0.25, -0.2) is 11.7 Å². The van der Waals surface area contributed by atoms with Gasteiger partial charge >= 0.3 is 0 Å². The summed E-state index contributed by atoms with van der Waals surface area (Å²) in [6.45, 7) is 2.80. The van der Waals surface area contributed by atoms with Crippen LogP contribution in [0.2, 0.25) is 0 Å². The van der Waals surface area contributed by atoms with Crippen LogP contribution in [-0.2, 0) is 30.3 Å². The number of hydrazine groups is 2. The number of phenols is 2.